The van der Waals surface area contributed by atoms with Crippen LogP contribution in [0, 0.1) is 0 Å². The van der Waals surface area contributed by atoms with Crippen molar-refractivity contribution in [2.24, 2.45) is 0 Å². The van der Waals surface area contributed by atoms with E-state index in [2.05, 4.69) is 195 Å². The molecule has 1 aliphatic rings. The molecular weight excluding hydrogens is 641 g/mol. The van der Waals surface area contributed by atoms with Crippen molar-refractivity contribution in [3.8, 4) is 22.5 Å². The Morgan fingerprint density at radius 1 is 0.415 bits per heavy atom. The summed E-state index contributed by atoms with van der Waals surface area (Å²) in [4.78, 5) is 0. The summed E-state index contributed by atoms with van der Waals surface area (Å²) in [7, 11) is 0. The molecule has 11 rings (SSSR count). The van der Waals surface area contributed by atoms with Crippen LogP contribution in [0.15, 0.2) is 158 Å². The Hall–Kier alpha value is -6.12. The Morgan fingerprint density at radius 3 is 1.85 bits per heavy atom. The number of hydrogen-bond donors (Lipinski definition) is 0. The van der Waals surface area contributed by atoms with E-state index in [-0.39, 0.29) is 10.8 Å². The zero-order chi connectivity index (χ0) is 35.6. The van der Waals surface area contributed by atoms with Crippen molar-refractivity contribution in [3.05, 3.63) is 169 Å². The third kappa shape index (κ3) is 4.33. The Morgan fingerprint density at radius 2 is 1.04 bits per heavy atom. The summed E-state index contributed by atoms with van der Waals surface area (Å²) in [6.07, 6.45) is 1.14. The molecule has 2 heteroatoms. The fourth-order valence-corrected chi connectivity index (χ4v) is 10.3. The first-order valence-electron chi connectivity index (χ1n) is 18.9. The summed E-state index contributed by atoms with van der Waals surface area (Å²) in [6, 6.07) is 58.9. The first kappa shape index (κ1) is 30.5. The van der Waals surface area contributed by atoms with Gasteiger partial charge in [-0.25, -0.2) is 0 Å². The quantitative estimate of drug-likeness (QED) is 0.176. The number of aromatic nitrogens is 2. The van der Waals surface area contributed by atoms with Crippen LogP contribution >= 0.6 is 0 Å². The van der Waals surface area contributed by atoms with Crippen LogP contribution in [0.5, 0.6) is 0 Å². The van der Waals surface area contributed by atoms with Gasteiger partial charge in [0, 0.05) is 27.2 Å². The molecular formula is C51H40N2. The van der Waals surface area contributed by atoms with Gasteiger partial charge in [0.1, 0.15) is 0 Å². The minimum Gasteiger partial charge on any atom is -0.309 e. The molecule has 0 N–H and O–H groups in total. The molecule has 0 radical (unpaired) electrons. The predicted octanol–water partition coefficient (Wildman–Crippen LogP) is 13.8. The van der Waals surface area contributed by atoms with Crippen LogP contribution in [-0.4, -0.2) is 9.13 Å². The molecule has 2 nitrogen and oxygen atoms in total. The lowest BCUT2D eigenvalue weighted by atomic mass is 9.81. The van der Waals surface area contributed by atoms with Crippen molar-refractivity contribution >= 4 is 65.2 Å². The lowest BCUT2D eigenvalue weighted by Crippen LogP contribution is -2.18. The van der Waals surface area contributed by atoms with E-state index in [1.807, 2.05) is 0 Å². The lowest BCUT2D eigenvalue weighted by molar-refractivity contribution is 0.403. The Labute approximate surface area is 309 Å². The van der Waals surface area contributed by atoms with E-state index >= 15 is 0 Å². The van der Waals surface area contributed by atoms with Gasteiger partial charge in [-0.1, -0.05) is 131 Å². The molecule has 8 aromatic carbocycles. The molecule has 10 aromatic rings. The highest BCUT2D eigenvalue weighted by atomic mass is 15.0. The van der Waals surface area contributed by atoms with Gasteiger partial charge in [-0.2, -0.15) is 0 Å². The number of para-hydroxylation sites is 1. The smallest absolute Gasteiger partial charge is 0.0547 e. The second kappa shape index (κ2) is 10.7. The zero-order valence-corrected chi connectivity index (χ0v) is 30.6. The van der Waals surface area contributed by atoms with Gasteiger partial charge >= 0.3 is 0 Å². The molecule has 0 saturated carbocycles. The topological polar surface area (TPSA) is 9.86 Å². The summed E-state index contributed by atoms with van der Waals surface area (Å²) >= 11 is 0. The first-order valence-corrected chi connectivity index (χ1v) is 18.9. The second-order valence-electron chi connectivity index (χ2n) is 16.5. The van der Waals surface area contributed by atoms with Gasteiger partial charge in [0.25, 0.3) is 0 Å². The molecule has 2 aromatic heterocycles. The monoisotopic (exact) mass is 680 g/mol. The molecule has 0 saturated heterocycles. The average Bonchev–Trinajstić information content (AvgIpc) is 3.76. The summed E-state index contributed by atoms with van der Waals surface area (Å²) in [5, 5.41) is 10.2. The molecule has 0 amide bonds. The molecule has 1 aliphatic carbocycles. The predicted molar refractivity (Wildman–Crippen MR) is 226 cm³/mol. The molecule has 0 atom stereocenters. The van der Waals surface area contributed by atoms with Crippen LogP contribution in [0.25, 0.3) is 87.7 Å². The standard InChI is InChI=1S/C51H40N2/c1-50(2)31-51(3,4)49-42(50)17-11-19-47(49)53-45-26-23-36(30-41(45)48-38-15-8-7-13-33(38)21-27-46(48)53)35-22-25-44-40(29-35)39-16-9-10-18-43(39)52(44)37-24-20-32-12-5-6-14-34(32)28-37/h5-30H,31H2,1-4H3. The molecule has 0 aliphatic heterocycles. The minimum atomic E-state index is 0.0660. The van der Waals surface area contributed by atoms with Gasteiger partial charge in [-0.15, -0.1) is 0 Å². The lowest BCUT2D eigenvalue weighted by Gasteiger charge is -2.24. The fraction of sp³-hybridized carbons (Fsp3) is 0.137. The third-order valence-electron chi connectivity index (χ3n) is 12.2. The van der Waals surface area contributed by atoms with Crippen LogP contribution < -0.4 is 0 Å². The molecule has 2 heterocycles. The van der Waals surface area contributed by atoms with Gasteiger partial charge in [-0.3, -0.25) is 0 Å². The molecule has 254 valence electrons. The van der Waals surface area contributed by atoms with Crippen molar-refractivity contribution in [3.63, 3.8) is 0 Å². The number of fused-ring (bicyclic) bond motifs is 10. The van der Waals surface area contributed by atoms with Gasteiger partial charge < -0.3 is 9.13 Å². The van der Waals surface area contributed by atoms with Crippen molar-refractivity contribution in [1.29, 1.82) is 0 Å². The zero-order valence-electron chi connectivity index (χ0n) is 30.6. The maximum atomic E-state index is 2.56. The van der Waals surface area contributed by atoms with E-state index in [1.165, 1.54) is 98.8 Å². The van der Waals surface area contributed by atoms with E-state index in [1.54, 1.807) is 0 Å². The fourth-order valence-electron chi connectivity index (χ4n) is 10.3. The summed E-state index contributed by atoms with van der Waals surface area (Å²) in [5.41, 5.74) is 13.1. The minimum absolute atomic E-state index is 0.0660. The van der Waals surface area contributed by atoms with Crippen LogP contribution in [0.3, 0.4) is 0 Å². The highest BCUT2D eigenvalue weighted by molar-refractivity contribution is 6.22. The number of hydrogen-bond acceptors (Lipinski definition) is 0. The molecule has 53 heavy (non-hydrogen) atoms. The first-order chi connectivity index (χ1) is 25.8. The molecule has 0 fully saturated rings. The number of benzene rings is 8. The van der Waals surface area contributed by atoms with E-state index in [0.717, 1.165) is 6.42 Å². The number of nitrogens with zero attached hydrogens (tertiary/aromatic N) is 2. The van der Waals surface area contributed by atoms with Crippen molar-refractivity contribution in [2.45, 2.75) is 44.9 Å². The SMILES string of the molecule is CC1(C)CC(C)(C)c2c(-n3c4ccc(-c5ccc6c(c5)c5ccccc5n6-c5ccc6ccccc6c5)cc4c4c5ccccc5ccc43)cccc21. The van der Waals surface area contributed by atoms with Gasteiger partial charge in [0.2, 0.25) is 0 Å². The summed E-state index contributed by atoms with van der Waals surface area (Å²) in [5.74, 6) is 0. The van der Waals surface area contributed by atoms with Crippen LogP contribution in [0.1, 0.15) is 45.2 Å². The normalized spacial score (nSPS) is 15.0. The Bertz CT molecular complexity index is 3150. The second-order valence-corrected chi connectivity index (χ2v) is 16.5. The van der Waals surface area contributed by atoms with Gasteiger partial charge in [0.05, 0.1) is 27.8 Å². The van der Waals surface area contributed by atoms with E-state index in [9.17, 15) is 0 Å². The van der Waals surface area contributed by atoms with Crippen LogP contribution in [0.4, 0.5) is 0 Å². The van der Waals surface area contributed by atoms with Crippen molar-refractivity contribution in [1.82, 2.24) is 9.13 Å². The van der Waals surface area contributed by atoms with Gasteiger partial charge in [0.15, 0.2) is 0 Å². The third-order valence-corrected chi connectivity index (χ3v) is 12.2. The van der Waals surface area contributed by atoms with Crippen molar-refractivity contribution in [2.75, 3.05) is 0 Å². The average molecular weight is 681 g/mol. The molecule has 0 spiro atoms. The van der Waals surface area contributed by atoms with E-state index in [4.69, 9.17) is 0 Å². The number of rotatable bonds is 3. The van der Waals surface area contributed by atoms with Crippen LogP contribution in [-0.2, 0) is 10.8 Å². The Kier molecular flexibility index (Phi) is 6.16. The van der Waals surface area contributed by atoms with E-state index < -0.39 is 0 Å². The van der Waals surface area contributed by atoms with Crippen molar-refractivity contribution < 1.29 is 0 Å². The summed E-state index contributed by atoms with van der Waals surface area (Å²) < 4.78 is 4.98. The maximum Gasteiger partial charge on any atom is 0.0547 e. The molecule has 0 bridgehead atoms. The summed E-state index contributed by atoms with van der Waals surface area (Å²) in [6.45, 7) is 9.68. The Balaban J connectivity index is 1.16. The van der Waals surface area contributed by atoms with Gasteiger partial charge in [-0.05, 0) is 116 Å². The largest absolute Gasteiger partial charge is 0.309 e. The van der Waals surface area contributed by atoms with Crippen LogP contribution in [0.2, 0.25) is 0 Å². The highest BCUT2D eigenvalue weighted by Crippen LogP contribution is 2.52. The highest BCUT2D eigenvalue weighted by Gasteiger charge is 2.43. The maximum absolute atomic E-state index is 2.56. The molecule has 0 unspecified atom stereocenters. The van der Waals surface area contributed by atoms with E-state index in [0.29, 0.717) is 0 Å².